The average Bonchev–Trinajstić information content (AvgIpc) is 2.91. The molecule has 0 amide bonds. The third-order valence-corrected chi connectivity index (χ3v) is 6.95. The number of ether oxygens (including phenoxy) is 2. The first-order valence-electron chi connectivity index (χ1n) is 9.88. The first-order chi connectivity index (χ1) is 11.7. The van der Waals surface area contributed by atoms with E-state index in [9.17, 15) is 5.11 Å². The quantitative estimate of drug-likeness (QED) is 0.497. The topological polar surface area (TPSA) is 38.7 Å². The zero-order valence-corrected chi connectivity index (χ0v) is 16.8. The van der Waals surface area contributed by atoms with Crippen LogP contribution in [0.25, 0.3) is 0 Å². The van der Waals surface area contributed by atoms with Gasteiger partial charge in [0.05, 0.1) is 11.7 Å². The summed E-state index contributed by atoms with van der Waals surface area (Å²) >= 11 is 0. The fourth-order valence-electron chi connectivity index (χ4n) is 5.39. The molecule has 0 heterocycles. The second-order valence-corrected chi connectivity index (χ2v) is 8.94. The van der Waals surface area contributed by atoms with Gasteiger partial charge in [-0.3, -0.25) is 0 Å². The van der Waals surface area contributed by atoms with E-state index in [2.05, 4.69) is 52.5 Å². The van der Waals surface area contributed by atoms with Gasteiger partial charge in [-0.1, -0.05) is 38.5 Å². The monoisotopic (exact) mass is 350 g/mol. The molecule has 0 bridgehead atoms. The Morgan fingerprint density at radius 1 is 1.32 bits per heavy atom. The van der Waals surface area contributed by atoms with Crippen LogP contribution in [0.4, 0.5) is 0 Å². The van der Waals surface area contributed by atoms with Gasteiger partial charge < -0.3 is 14.6 Å². The molecule has 1 N–H and O–H groups in total. The van der Waals surface area contributed by atoms with Crippen LogP contribution in [0.2, 0.25) is 0 Å². The Morgan fingerprint density at radius 2 is 2.04 bits per heavy atom. The molecule has 0 saturated heterocycles. The maximum Gasteiger partial charge on any atom is 0.147 e. The Bertz CT molecular complexity index is 470. The van der Waals surface area contributed by atoms with Crippen LogP contribution in [0, 0.1) is 29.1 Å². The van der Waals surface area contributed by atoms with E-state index in [0.717, 1.165) is 12.8 Å². The molecule has 0 aliphatic heterocycles. The molecule has 3 nitrogen and oxygen atoms in total. The third-order valence-electron chi connectivity index (χ3n) is 6.95. The van der Waals surface area contributed by atoms with E-state index in [1.165, 1.54) is 19.3 Å². The van der Waals surface area contributed by atoms with E-state index in [1.54, 1.807) is 7.11 Å². The minimum atomic E-state index is -0.347. The molecule has 6 atom stereocenters. The molecule has 0 unspecified atom stereocenters. The van der Waals surface area contributed by atoms with E-state index in [0.29, 0.717) is 30.5 Å². The van der Waals surface area contributed by atoms with Gasteiger partial charge in [0.2, 0.25) is 0 Å². The number of hydrogen-bond acceptors (Lipinski definition) is 3. The van der Waals surface area contributed by atoms with E-state index < -0.39 is 0 Å². The normalized spacial score (nSPS) is 35.5. The van der Waals surface area contributed by atoms with Gasteiger partial charge in [-0.25, -0.2) is 0 Å². The van der Waals surface area contributed by atoms with Crippen molar-refractivity contribution >= 4 is 0 Å². The minimum Gasteiger partial charge on any atom is -0.393 e. The molecule has 3 heteroatoms. The molecule has 0 aromatic carbocycles. The molecule has 0 spiro atoms. The van der Waals surface area contributed by atoms with Crippen molar-refractivity contribution in [2.75, 3.05) is 13.9 Å². The first kappa shape index (κ1) is 20.7. The maximum absolute atomic E-state index is 10.5. The van der Waals surface area contributed by atoms with Gasteiger partial charge in [0.1, 0.15) is 6.79 Å². The van der Waals surface area contributed by atoms with Crippen molar-refractivity contribution in [3.8, 4) is 0 Å². The number of rotatable bonds is 8. The maximum atomic E-state index is 10.5. The lowest BCUT2D eigenvalue weighted by Gasteiger charge is -2.46. The summed E-state index contributed by atoms with van der Waals surface area (Å²) in [6.07, 6.45) is 12.1. The third kappa shape index (κ3) is 4.56. The van der Waals surface area contributed by atoms with Crippen LogP contribution >= 0.6 is 0 Å². The predicted molar refractivity (Wildman–Crippen MR) is 103 cm³/mol. The van der Waals surface area contributed by atoms with Crippen molar-refractivity contribution in [3.05, 3.63) is 24.8 Å². The lowest BCUT2D eigenvalue weighted by atomic mass is 9.60. The van der Waals surface area contributed by atoms with Gasteiger partial charge in [0.25, 0.3) is 0 Å². The Balaban J connectivity index is 2.09. The molecule has 144 valence electrons. The molecule has 2 fully saturated rings. The van der Waals surface area contributed by atoms with Crippen molar-refractivity contribution in [2.45, 2.75) is 71.5 Å². The van der Waals surface area contributed by atoms with Gasteiger partial charge in [-0.15, -0.1) is 6.58 Å². The second kappa shape index (κ2) is 8.37. The number of aliphatic hydroxyl groups is 1. The number of methoxy groups -OCH3 is 1. The Labute approximate surface area is 154 Å². The smallest absolute Gasteiger partial charge is 0.147 e. The van der Waals surface area contributed by atoms with E-state index in [4.69, 9.17) is 9.47 Å². The molecule has 0 aromatic heterocycles. The molecule has 2 saturated carbocycles. The first-order valence-corrected chi connectivity index (χ1v) is 9.88. The van der Waals surface area contributed by atoms with E-state index in [1.807, 2.05) is 0 Å². The van der Waals surface area contributed by atoms with Crippen molar-refractivity contribution in [3.63, 3.8) is 0 Å². The SMILES string of the molecule is C=C[C@H](/C=C/C(C)(C)OCOC)[C@@H](C)[C@H]1CC[C@H]2[C@@H](O)CCC[C@]12C. The predicted octanol–water partition coefficient (Wildman–Crippen LogP) is 4.96. The summed E-state index contributed by atoms with van der Waals surface area (Å²) in [5, 5.41) is 10.5. The largest absolute Gasteiger partial charge is 0.393 e. The van der Waals surface area contributed by atoms with Crippen LogP contribution in [0.5, 0.6) is 0 Å². The highest BCUT2D eigenvalue weighted by molar-refractivity contribution is 5.10. The van der Waals surface area contributed by atoms with Gasteiger partial charge in [0.15, 0.2) is 0 Å². The molecular weight excluding hydrogens is 312 g/mol. The highest BCUT2D eigenvalue weighted by Gasteiger charge is 2.52. The van der Waals surface area contributed by atoms with Crippen molar-refractivity contribution in [1.29, 1.82) is 0 Å². The molecule has 0 radical (unpaired) electrons. The Hall–Kier alpha value is -0.640. The Kier molecular flexibility index (Phi) is 6.92. The summed E-state index contributed by atoms with van der Waals surface area (Å²) in [6, 6.07) is 0. The summed E-state index contributed by atoms with van der Waals surface area (Å²) in [5.41, 5.74) is -0.0750. The molecule has 2 rings (SSSR count). The van der Waals surface area contributed by atoms with Crippen molar-refractivity contribution < 1.29 is 14.6 Å². The van der Waals surface area contributed by atoms with Crippen LogP contribution in [-0.2, 0) is 9.47 Å². The minimum absolute atomic E-state index is 0.102. The summed E-state index contributed by atoms with van der Waals surface area (Å²) in [4.78, 5) is 0. The van der Waals surface area contributed by atoms with E-state index in [-0.39, 0.29) is 17.1 Å². The Morgan fingerprint density at radius 3 is 2.68 bits per heavy atom. The second-order valence-electron chi connectivity index (χ2n) is 8.94. The highest BCUT2D eigenvalue weighted by Crippen LogP contribution is 2.58. The van der Waals surface area contributed by atoms with Gasteiger partial charge in [0, 0.05) is 7.11 Å². The molecule has 25 heavy (non-hydrogen) atoms. The summed E-state index contributed by atoms with van der Waals surface area (Å²) in [5.74, 6) is 1.96. The highest BCUT2D eigenvalue weighted by atomic mass is 16.7. The average molecular weight is 351 g/mol. The van der Waals surface area contributed by atoms with Crippen molar-refractivity contribution in [1.82, 2.24) is 0 Å². The molecule has 2 aliphatic rings. The van der Waals surface area contributed by atoms with Crippen LogP contribution in [0.15, 0.2) is 24.8 Å². The van der Waals surface area contributed by atoms with Gasteiger partial charge >= 0.3 is 0 Å². The zero-order chi connectivity index (χ0) is 18.7. The van der Waals surface area contributed by atoms with Crippen LogP contribution < -0.4 is 0 Å². The van der Waals surface area contributed by atoms with Crippen LogP contribution in [-0.4, -0.2) is 30.7 Å². The fourth-order valence-corrected chi connectivity index (χ4v) is 5.39. The number of hydrogen-bond donors (Lipinski definition) is 1. The summed E-state index contributed by atoms with van der Waals surface area (Å²) in [6.45, 7) is 13.3. The number of aliphatic hydroxyl groups excluding tert-OH is 1. The van der Waals surface area contributed by atoms with Crippen molar-refractivity contribution in [2.24, 2.45) is 29.1 Å². The summed E-state index contributed by atoms with van der Waals surface area (Å²) < 4.78 is 10.7. The zero-order valence-electron chi connectivity index (χ0n) is 16.8. The van der Waals surface area contributed by atoms with Gasteiger partial charge in [-0.2, -0.15) is 0 Å². The van der Waals surface area contributed by atoms with Crippen LogP contribution in [0.1, 0.15) is 59.8 Å². The molecule has 2 aliphatic carbocycles. The lowest BCUT2D eigenvalue weighted by molar-refractivity contribution is -0.0921. The lowest BCUT2D eigenvalue weighted by Crippen LogP contribution is -2.42. The molecular formula is C22H38O3. The fraction of sp³-hybridized carbons (Fsp3) is 0.818. The number of allylic oxidation sites excluding steroid dienone is 2. The number of fused-ring (bicyclic) bond motifs is 1. The molecule has 0 aromatic rings. The van der Waals surface area contributed by atoms with E-state index >= 15 is 0 Å². The van der Waals surface area contributed by atoms with Gasteiger partial charge in [-0.05, 0) is 68.6 Å². The summed E-state index contributed by atoms with van der Waals surface area (Å²) in [7, 11) is 1.64. The van der Waals surface area contributed by atoms with Crippen LogP contribution in [0.3, 0.4) is 0 Å². The standard InChI is InChI=1S/C22H38O3/c1-7-17(12-14-21(3,4)25-15-24-6)16(2)18-10-11-19-20(23)9-8-13-22(18,19)5/h7,12,14,16-20,23H,1,8-11,13,15H2,2-6H3/b14-12+/t16-,17-,18-,19+,20+,22-/m1/s1.